The third kappa shape index (κ3) is 4.03. The zero-order valence-electron chi connectivity index (χ0n) is 11.9. The van der Waals surface area contributed by atoms with Gasteiger partial charge >= 0.3 is 0 Å². The van der Waals surface area contributed by atoms with E-state index < -0.39 is 0 Å². The molecule has 19 heavy (non-hydrogen) atoms. The van der Waals surface area contributed by atoms with Crippen molar-refractivity contribution in [2.75, 3.05) is 13.2 Å². The zero-order valence-corrected chi connectivity index (χ0v) is 14.3. The number of hydrogen-bond acceptors (Lipinski definition) is 3. The second-order valence-electron chi connectivity index (χ2n) is 5.52. The predicted octanol–water partition coefficient (Wildman–Crippen LogP) is 4.38. The number of ether oxygens (including phenoxy) is 1. The van der Waals surface area contributed by atoms with Crippen LogP contribution in [0.25, 0.3) is 0 Å². The standard InChI is InChI=1S/C15H24BrNOS/c1-3-8-17-14(11-13-12(16)6-10-19-13)15(2)7-4-5-9-18-15/h6,10,14,17H,3-5,7-9,11H2,1-2H3. The van der Waals surface area contributed by atoms with E-state index in [1.165, 1.54) is 22.2 Å². The van der Waals surface area contributed by atoms with Crippen LogP contribution in [0.2, 0.25) is 0 Å². The molecule has 1 aromatic heterocycles. The second kappa shape index (κ2) is 7.21. The highest BCUT2D eigenvalue weighted by atomic mass is 79.9. The van der Waals surface area contributed by atoms with Crippen molar-refractivity contribution in [2.45, 2.75) is 57.6 Å². The van der Waals surface area contributed by atoms with Crippen LogP contribution in [-0.2, 0) is 11.2 Å². The van der Waals surface area contributed by atoms with Crippen LogP contribution in [0, 0.1) is 0 Å². The van der Waals surface area contributed by atoms with E-state index in [1.807, 2.05) is 11.3 Å². The van der Waals surface area contributed by atoms with E-state index >= 15 is 0 Å². The Morgan fingerprint density at radius 3 is 2.95 bits per heavy atom. The Kier molecular flexibility index (Phi) is 5.87. The van der Waals surface area contributed by atoms with E-state index in [-0.39, 0.29) is 5.60 Å². The van der Waals surface area contributed by atoms with Crippen LogP contribution in [0.5, 0.6) is 0 Å². The van der Waals surface area contributed by atoms with Crippen LogP contribution in [0.1, 0.15) is 44.4 Å². The van der Waals surface area contributed by atoms with Crippen LogP contribution < -0.4 is 5.32 Å². The molecule has 0 aliphatic carbocycles. The molecule has 2 atom stereocenters. The number of rotatable bonds is 6. The molecule has 0 saturated carbocycles. The molecule has 1 aliphatic rings. The Bertz CT molecular complexity index is 387. The van der Waals surface area contributed by atoms with Crippen molar-refractivity contribution in [3.05, 3.63) is 20.8 Å². The maximum absolute atomic E-state index is 6.14. The molecule has 0 amide bonds. The van der Waals surface area contributed by atoms with Crippen molar-refractivity contribution >= 4 is 27.3 Å². The maximum Gasteiger partial charge on any atom is 0.0810 e. The molecule has 0 radical (unpaired) electrons. The minimum atomic E-state index is -0.0170. The number of hydrogen-bond donors (Lipinski definition) is 1. The van der Waals surface area contributed by atoms with Crippen molar-refractivity contribution < 1.29 is 4.74 Å². The molecule has 0 spiro atoms. The lowest BCUT2D eigenvalue weighted by Gasteiger charge is -2.41. The van der Waals surface area contributed by atoms with Gasteiger partial charge in [0, 0.05) is 28.4 Å². The Morgan fingerprint density at radius 1 is 1.53 bits per heavy atom. The van der Waals surface area contributed by atoms with Gasteiger partial charge in [0.1, 0.15) is 0 Å². The number of thiophene rings is 1. The van der Waals surface area contributed by atoms with Gasteiger partial charge in [-0.25, -0.2) is 0 Å². The van der Waals surface area contributed by atoms with E-state index in [0.29, 0.717) is 6.04 Å². The molecule has 4 heteroatoms. The van der Waals surface area contributed by atoms with Crippen LogP contribution in [-0.4, -0.2) is 24.8 Å². The summed E-state index contributed by atoms with van der Waals surface area (Å²) in [6, 6.07) is 2.55. The summed E-state index contributed by atoms with van der Waals surface area (Å²) >= 11 is 5.48. The smallest absolute Gasteiger partial charge is 0.0810 e. The fourth-order valence-electron chi connectivity index (χ4n) is 2.71. The molecule has 1 aliphatic heterocycles. The largest absolute Gasteiger partial charge is 0.374 e. The van der Waals surface area contributed by atoms with Gasteiger partial charge in [-0.3, -0.25) is 0 Å². The highest BCUT2D eigenvalue weighted by Crippen LogP contribution is 2.32. The van der Waals surface area contributed by atoms with Gasteiger partial charge in [0.15, 0.2) is 0 Å². The van der Waals surface area contributed by atoms with Gasteiger partial charge in [0.05, 0.1) is 5.60 Å². The minimum Gasteiger partial charge on any atom is -0.374 e. The third-order valence-electron chi connectivity index (χ3n) is 3.96. The summed E-state index contributed by atoms with van der Waals surface area (Å²) in [7, 11) is 0. The summed E-state index contributed by atoms with van der Waals surface area (Å²) in [5, 5.41) is 5.86. The Balaban J connectivity index is 2.08. The van der Waals surface area contributed by atoms with Crippen LogP contribution in [0.3, 0.4) is 0 Å². The van der Waals surface area contributed by atoms with E-state index in [4.69, 9.17) is 4.74 Å². The Hall–Kier alpha value is 0.1000. The second-order valence-corrected chi connectivity index (χ2v) is 7.38. The van der Waals surface area contributed by atoms with Crippen molar-refractivity contribution in [2.24, 2.45) is 0 Å². The monoisotopic (exact) mass is 345 g/mol. The van der Waals surface area contributed by atoms with E-state index in [0.717, 1.165) is 32.4 Å². The zero-order chi connectivity index (χ0) is 13.7. The van der Waals surface area contributed by atoms with Gasteiger partial charge in [-0.1, -0.05) is 6.92 Å². The summed E-state index contributed by atoms with van der Waals surface area (Å²) in [4.78, 5) is 1.42. The minimum absolute atomic E-state index is 0.0170. The highest BCUT2D eigenvalue weighted by molar-refractivity contribution is 9.10. The SMILES string of the molecule is CCCNC(Cc1sccc1Br)C1(C)CCCCO1. The molecular weight excluding hydrogens is 322 g/mol. The van der Waals surface area contributed by atoms with Crippen LogP contribution in [0.15, 0.2) is 15.9 Å². The molecule has 1 aromatic rings. The Morgan fingerprint density at radius 2 is 2.37 bits per heavy atom. The van der Waals surface area contributed by atoms with Gasteiger partial charge in [0.2, 0.25) is 0 Å². The van der Waals surface area contributed by atoms with E-state index in [1.54, 1.807) is 0 Å². The number of nitrogens with one attached hydrogen (secondary N) is 1. The molecular formula is C15H24BrNOS. The van der Waals surface area contributed by atoms with Gasteiger partial charge in [-0.05, 0) is 66.5 Å². The average Bonchev–Trinajstić information content (AvgIpc) is 2.81. The first kappa shape index (κ1) is 15.5. The van der Waals surface area contributed by atoms with E-state index in [9.17, 15) is 0 Å². The molecule has 108 valence electrons. The van der Waals surface area contributed by atoms with Crippen molar-refractivity contribution in [1.82, 2.24) is 5.32 Å². The molecule has 0 aromatic carbocycles. The first-order chi connectivity index (χ1) is 9.15. The lowest BCUT2D eigenvalue weighted by molar-refractivity contribution is -0.0882. The normalized spacial score (nSPS) is 25.4. The highest BCUT2D eigenvalue weighted by Gasteiger charge is 2.36. The van der Waals surface area contributed by atoms with E-state index in [2.05, 4.69) is 46.5 Å². The molecule has 2 nitrogen and oxygen atoms in total. The lowest BCUT2D eigenvalue weighted by atomic mass is 9.86. The maximum atomic E-state index is 6.14. The fraction of sp³-hybridized carbons (Fsp3) is 0.733. The van der Waals surface area contributed by atoms with Crippen molar-refractivity contribution in [3.8, 4) is 0 Å². The first-order valence-electron chi connectivity index (χ1n) is 7.25. The molecule has 1 saturated heterocycles. The molecule has 2 heterocycles. The predicted molar refractivity (Wildman–Crippen MR) is 86.0 cm³/mol. The van der Waals surface area contributed by atoms with Gasteiger partial charge in [-0.2, -0.15) is 0 Å². The summed E-state index contributed by atoms with van der Waals surface area (Å²) in [5.41, 5.74) is -0.0170. The molecule has 1 N–H and O–H groups in total. The van der Waals surface area contributed by atoms with Gasteiger partial charge in [0.25, 0.3) is 0 Å². The van der Waals surface area contributed by atoms with Crippen molar-refractivity contribution in [3.63, 3.8) is 0 Å². The summed E-state index contributed by atoms with van der Waals surface area (Å²) in [5.74, 6) is 0. The van der Waals surface area contributed by atoms with Crippen LogP contribution >= 0.6 is 27.3 Å². The quantitative estimate of drug-likeness (QED) is 0.825. The molecule has 0 bridgehead atoms. The summed E-state index contributed by atoms with van der Waals surface area (Å²) < 4.78 is 7.38. The first-order valence-corrected chi connectivity index (χ1v) is 8.92. The topological polar surface area (TPSA) is 21.3 Å². The molecule has 2 rings (SSSR count). The summed E-state index contributed by atoms with van der Waals surface area (Å²) in [6.07, 6.45) is 5.87. The molecule has 1 fully saturated rings. The lowest BCUT2D eigenvalue weighted by Crippen LogP contribution is -2.53. The average molecular weight is 346 g/mol. The molecule has 2 unspecified atom stereocenters. The summed E-state index contributed by atoms with van der Waals surface area (Å²) in [6.45, 7) is 6.47. The van der Waals surface area contributed by atoms with Crippen molar-refractivity contribution in [1.29, 1.82) is 0 Å². The third-order valence-corrected chi connectivity index (χ3v) is 5.91. The number of halogens is 1. The van der Waals surface area contributed by atoms with Crippen LogP contribution in [0.4, 0.5) is 0 Å². The Labute approximate surface area is 129 Å². The fourth-order valence-corrected chi connectivity index (χ4v) is 4.27. The van der Waals surface area contributed by atoms with Gasteiger partial charge in [-0.15, -0.1) is 11.3 Å². The van der Waals surface area contributed by atoms with Gasteiger partial charge < -0.3 is 10.1 Å².